The molecule has 0 radical (unpaired) electrons. The molecule has 24 heavy (non-hydrogen) atoms. The van der Waals surface area contributed by atoms with E-state index in [-0.39, 0.29) is 12.0 Å². The number of fused-ring (bicyclic) bond motifs is 1. The van der Waals surface area contributed by atoms with E-state index in [0.717, 1.165) is 23.5 Å². The molecule has 6 heteroatoms. The number of furan rings is 1. The third kappa shape index (κ3) is 2.87. The van der Waals surface area contributed by atoms with Crippen molar-refractivity contribution in [3.8, 4) is 5.75 Å². The molecule has 4 nitrogen and oxygen atoms in total. The van der Waals surface area contributed by atoms with E-state index in [1.54, 1.807) is 17.2 Å². The fraction of sp³-hybridized carbons (Fsp3) is 0.222. The third-order valence-electron chi connectivity index (χ3n) is 3.99. The molecule has 1 saturated heterocycles. The summed E-state index contributed by atoms with van der Waals surface area (Å²) in [4.78, 5) is 14.8. The first-order valence-corrected chi connectivity index (χ1v) is 8.90. The normalized spacial score (nSPS) is 21.5. The molecule has 0 bridgehead atoms. The van der Waals surface area contributed by atoms with Crippen LogP contribution in [0.25, 0.3) is 6.08 Å². The van der Waals surface area contributed by atoms with Crippen molar-refractivity contribution in [3.05, 3.63) is 58.4 Å². The fourth-order valence-electron chi connectivity index (χ4n) is 2.88. The molecule has 2 aromatic rings. The minimum absolute atomic E-state index is 0.0773. The van der Waals surface area contributed by atoms with Crippen LogP contribution < -0.4 is 4.74 Å². The molecule has 4 rings (SSSR count). The van der Waals surface area contributed by atoms with Gasteiger partial charge in [0.05, 0.1) is 17.7 Å². The number of carbonyl (C=O) groups is 1. The largest absolute Gasteiger partial charge is 0.490 e. The Balaban J connectivity index is 1.56. The zero-order valence-electron chi connectivity index (χ0n) is 13.0. The van der Waals surface area contributed by atoms with E-state index in [2.05, 4.69) is 13.0 Å². The third-order valence-corrected chi connectivity index (χ3v) is 5.36. The molecule has 2 aliphatic rings. The molecule has 1 amide bonds. The van der Waals surface area contributed by atoms with Crippen molar-refractivity contribution in [2.75, 3.05) is 0 Å². The molecular weight excluding hydrogens is 342 g/mol. The van der Waals surface area contributed by atoms with Crippen LogP contribution in [0.4, 0.5) is 0 Å². The molecule has 0 saturated carbocycles. The van der Waals surface area contributed by atoms with Crippen molar-refractivity contribution >= 4 is 40.3 Å². The molecule has 1 aromatic heterocycles. The van der Waals surface area contributed by atoms with Gasteiger partial charge < -0.3 is 9.15 Å². The number of ether oxygens (including phenoxy) is 1. The molecule has 1 aromatic carbocycles. The van der Waals surface area contributed by atoms with Crippen LogP contribution in [-0.2, 0) is 17.8 Å². The molecule has 1 unspecified atom stereocenters. The maximum Gasteiger partial charge on any atom is 0.266 e. The maximum atomic E-state index is 12.6. The summed E-state index contributed by atoms with van der Waals surface area (Å²) in [5.41, 5.74) is 2.17. The average molecular weight is 357 g/mol. The molecule has 3 heterocycles. The Labute approximate surface area is 149 Å². The summed E-state index contributed by atoms with van der Waals surface area (Å²) >= 11 is 6.67. The Morgan fingerprint density at radius 3 is 3.08 bits per heavy atom. The molecule has 0 spiro atoms. The minimum atomic E-state index is -0.0773. The van der Waals surface area contributed by atoms with Crippen LogP contribution >= 0.6 is 24.0 Å². The molecule has 2 aliphatic heterocycles. The van der Waals surface area contributed by atoms with Crippen LogP contribution in [0.15, 0.2) is 45.9 Å². The zero-order valence-corrected chi connectivity index (χ0v) is 14.7. The summed E-state index contributed by atoms with van der Waals surface area (Å²) in [5.74, 6) is 1.58. The molecule has 1 atom stereocenters. The Morgan fingerprint density at radius 1 is 1.42 bits per heavy atom. The van der Waals surface area contributed by atoms with Gasteiger partial charge in [-0.05, 0) is 48.4 Å². The number of carbonyl (C=O) groups excluding carboxylic acids is 1. The van der Waals surface area contributed by atoms with E-state index in [9.17, 15) is 4.79 Å². The van der Waals surface area contributed by atoms with Gasteiger partial charge in [-0.25, -0.2) is 0 Å². The van der Waals surface area contributed by atoms with Crippen molar-refractivity contribution in [1.29, 1.82) is 0 Å². The van der Waals surface area contributed by atoms with Gasteiger partial charge in [0, 0.05) is 6.42 Å². The highest BCUT2D eigenvalue weighted by Gasteiger charge is 2.32. The van der Waals surface area contributed by atoms with Gasteiger partial charge in [-0.1, -0.05) is 30.0 Å². The van der Waals surface area contributed by atoms with Crippen molar-refractivity contribution in [1.82, 2.24) is 4.90 Å². The van der Waals surface area contributed by atoms with E-state index in [1.165, 1.54) is 17.3 Å². The molecule has 1 fully saturated rings. The number of rotatable bonds is 3. The number of hydrogen-bond acceptors (Lipinski definition) is 5. The van der Waals surface area contributed by atoms with Gasteiger partial charge in [0.25, 0.3) is 5.91 Å². The first-order valence-electron chi connectivity index (χ1n) is 7.67. The average Bonchev–Trinajstić information content (AvgIpc) is 3.23. The first kappa shape index (κ1) is 15.5. The second kappa shape index (κ2) is 6.11. The second-order valence-corrected chi connectivity index (χ2v) is 7.52. The zero-order chi connectivity index (χ0) is 16.7. The predicted molar refractivity (Wildman–Crippen MR) is 97.7 cm³/mol. The number of nitrogens with zero attached hydrogens (tertiary/aromatic N) is 1. The fourth-order valence-corrected chi connectivity index (χ4v) is 4.13. The van der Waals surface area contributed by atoms with Gasteiger partial charge in [0.1, 0.15) is 21.9 Å². The van der Waals surface area contributed by atoms with E-state index < -0.39 is 0 Å². The SMILES string of the molecule is CC1Cc2cc(/C=C3\SC(=S)N(Cc4ccco4)C3=O)ccc2O1. The summed E-state index contributed by atoms with van der Waals surface area (Å²) in [6.45, 7) is 2.42. The van der Waals surface area contributed by atoms with E-state index in [1.807, 2.05) is 24.3 Å². The van der Waals surface area contributed by atoms with Crippen LogP contribution in [0, 0.1) is 0 Å². The maximum absolute atomic E-state index is 12.6. The number of amides is 1. The Kier molecular flexibility index (Phi) is 3.94. The van der Waals surface area contributed by atoms with Gasteiger partial charge in [-0.2, -0.15) is 0 Å². The standard InChI is InChI=1S/C18H15NO3S2/c1-11-7-13-8-12(4-5-15(13)22-11)9-16-17(20)19(18(23)24-16)10-14-3-2-6-21-14/h2-6,8-9,11H,7,10H2,1H3/b16-9-. The highest BCUT2D eigenvalue weighted by molar-refractivity contribution is 8.26. The number of thiocarbonyl (C=S) groups is 1. The number of benzene rings is 1. The Hall–Kier alpha value is -2.05. The monoisotopic (exact) mass is 357 g/mol. The van der Waals surface area contributed by atoms with Gasteiger partial charge >= 0.3 is 0 Å². The van der Waals surface area contributed by atoms with Crippen molar-refractivity contribution in [2.24, 2.45) is 0 Å². The van der Waals surface area contributed by atoms with Gasteiger partial charge in [0.2, 0.25) is 0 Å². The minimum Gasteiger partial charge on any atom is -0.490 e. The summed E-state index contributed by atoms with van der Waals surface area (Å²) in [7, 11) is 0. The lowest BCUT2D eigenvalue weighted by atomic mass is 10.1. The van der Waals surface area contributed by atoms with Gasteiger partial charge in [-0.3, -0.25) is 9.69 Å². The number of hydrogen-bond donors (Lipinski definition) is 0. The lowest BCUT2D eigenvalue weighted by molar-refractivity contribution is -0.122. The molecule has 0 N–H and O–H groups in total. The van der Waals surface area contributed by atoms with Crippen LogP contribution in [0.2, 0.25) is 0 Å². The quantitative estimate of drug-likeness (QED) is 0.613. The summed E-state index contributed by atoms with van der Waals surface area (Å²) in [5, 5.41) is 0. The smallest absolute Gasteiger partial charge is 0.266 e. The molecular formula is C18H15NO3S2. The van der Waals surface area contributed by atoms with Gasteiger partial charge in [-0.15, -0.1) is 0 Å². The van der Waals surface area contributed by atoms with E-state index >= 15 is 0 Å². The summed E-state index contributed by atoms with van der Waals surface area (Å²) in [6, 6.07) is 9.66. The lowest BCUT2D eigenvalue weighted by Crippen LogP contribution is -2.27. The number of thioether (sulfide) groups is 1. The molecule has 0 aliphatic carbocycles. The van der Waals surface area contributed by atoms with Crippen molar-refractivity contribution < 1.29 is 13.9 Å². The van der Waals surface area contributed by atoms with Gasteiger partial charge in [0.15, 0.2) is 0 Å². The van der Waals surface area contributed by atoms with Crippen LogP contribution in [0.1, 0.15) is 23.8 Å². The van der Waals surface area contributed by atoms with E-state index in [4.69, 9.17) is 21.4 Å². The van der Waals surface area contributed by atoms with Crippen LogP contribution in [0.5, 0.6) is 5.75 Å². The molecule has 122 valence electrons. The van der Waals surface area contributed by atoms with E-state index in [0.29, 0.717) is 15.8 Å². The van der Waals surface area contributed by atoms with Crippen molar-refractivity contribution in [3.63, 3.8) is 0 Å². The highest BCUT2D eigenvalue weighted by atomic mass is 32.2. The topological polar surface area (TPSA) is 42.7 Å². The highest BCUT2D eigenvalue weighted by Crippen LogP contribution is 2.35. The van der Waals surface area contributed by atoms with Crippen LogP contribution in [-0.4, -0.2) is 21.2 Å². The summed E-state index contributed by atoms with van der Waals surface area (Å²) < 4.78 is 11.6. The Bertz CT molecular complexity index is 842. The Morgan fingerprint density at radius 2 is 2.29 bits per heavy atom. The lowest BCUT2D eigenvalue weighted by Gasteiger charge is -2.11. The first-order chi connectivity index (χ1) is 11.6. The van der Waals surface area contributed by atoms with Crippen LogP contribution in [0.3, 0.4) is 0 Å². The second-order valence-electron chi connectivity index (χ2n) is 5.85. The predicted octanol–water partition coefficient (Wildman–Crippen LogP) is 4.00. The van der Waals surface area contributed by atoms with Crippen molar-refractivity contribution in [2.45, 2.75) is 26.0 Å². The summed E-state index contributed by atoms with van der Waals surface area (Å²) in [6.07, 6.45) is 4.60.